The number of fused-ring (bicyclic) bond motifs is 2. The minimum Gasteiger partial charge on any atom is -0.465 e. The normalized spacial score (nSPS) is 11.1. The summed E-state index contributed by atoms with van der Waals surface area (Å²) in [5.74, 6) is 0.173. The molecule has 1 aliphatic heterocycles. The highest BCUT2D eigenvalue weighted by molar-refractivity contribution is 9.10. The smallest absolute Gasteiger partial charge is 0.338 e. The average molecular weight is 503 g/mol. The van der Waals surface area contributed by atoms with E-state index >= 15 is 0 Å². The summed E-state index contributed by atoms with van der Waals surface area (Å²) in [5, 5.41) is 7.42. The number of hydrogen-bond donors (Lipinski definition) is 2. The molecule has 4 N–H and O–H groups in total. The zero-order chi connectivity index (χ0) is 20.0. The maximum Gasteiger partial charge on any atom is 0.338 e. The Bertz CT molecular complexity index is 1280. The molecule has 140 valence electrons. The lowest BCUT2D eigenvalue weighted by Gasteiger charge is -2.18. The van der Waals surface area contributed by atoms with Gasteiger partial charge >= 0.3 is 5.97 Å². The molecule has 5 nitrogen and oxygen atoms in total. The third-order valence-corrected chi connectivity index (χ3v) is 5.93. The Morgan fingerprint density at radius 1 is 1.07 bits per heavy atom. The zero-order valence-electron chi connectivity index (χ0n) is 14.8. The van der Waals surface area contributed by atoms with Crippen molar-refractivity contribution in [3.05, 3.63) is 68.4 Å². The van der Waals surface area contributed by atoms with Crippen molar-refractivity contribution in [2.24, 2.45) is 0 Å². The Morgan fingerprint density at radius 2 is 1.82 bits per heavy atom. The lowest BCUT2D eigenvalue weighted by Crippen LogP contribution is -2.45. The average Bonchev–Trinajstić information content (AvgIpc) is 2.68. The van der Waals surface area contributed by atoms with Gasteiger partial charge in [0.15, 0.2) is 0 Å². The number of nitrogens with two attached hydrogens (primary N) is 2. The first kappa shape index (κ1) is 18.7. The number of anilines is 1. The molecule has 0 spiro atoms. The Morgan fingerprint density at radius 3 is 2.57 bits per heavy atom. The molecular formula is C21H15Br2N2O3+. The second-order valence-electron chi connectivity index (χ2n) is 6.25. The Labute approximate surface area is 177 Å². The maximum atomic E-state index is 12.4. The van der Waals surface area contributed by atoms with Crippen LogP contribution in [0.15, 0.2) is 61.9 Å². The molecule has 0 bridgehead atoms. The third kappa shape index (κ3) is 3.00. The van der Waals surface area contributed by atoms with Crippen LogP contribution in [0.2, 0.25) is 0 Å². The van der Waals surface area contributed by atoms with Crippen molar-refractivity contribution in [1.29, 1.82) is 0 Å². The van der Waals surface area contributed by atoms with Crippen LogP contribution in [0.4, 0.5) is 5.69 Å². The van der Waals surface area contributed by atoms with Crippen LogP contribution in [0.3, 0.4) is 0 Å². The van der Waals surface area contributed by atoms with Crippen LogP contribution in [-0.4, -0.2) is 13.1 Å². The van der Waals surface area contributed by atoms with Gasteiger partial charge in [0.1, 0.15) is 11.3 Å². The van der Waals surface area contributed by atoms with E-state index in [1.54, 1.807) is 24.3 Å². The van der Waals surface area contributed by atoms with Gasteiger partial charge in [-0.25, -0.2) is 4.79 Å². The van der Waals surface area contributed by atoms with Gasteiger partial charge in [-0.3, -0.25) is 5.41 Å². The lowest BCUT2D eigenvalue weighted by molar-refractivity contribution is -0.173. The number of halogens is 2. The molecule has 2 aliphatic rings. The summed E-state index contributed by atoms with van der Waals surface area (Å²) in [4.78, 5) is 12.4. The predicted molar refractivity (Wildman–Crippen MR) is 114 cm³/mol. The molecule has 0 saturated heterocycles. The van der Waals surface area contributed by atoms with Crippen LogP contribution < -0.4 is 16.5 Å². The highest BCUT2D eigenvalue weighted by Gasteiger charge is 2.23. The van der Waals surface area contributed by atoms with E-state index in [0.29, 0.717) is 28.0 Å². The molecule has 2 aromatic rings. The lowest BCUT2D eigenvalue weighted by atomic mass is 9.90. The number of nitrogen functional groups attached to an aromatic ring is 1. The van der Waals surface area contributed by atoms with Gasteiger partial charge in [-0.05, 0) is 55.6 Å². The van der Waals surface area contributed by atoms with Crippen LogP contribution in [0.5, 0.6) is 0 Å². The summed E-state index contributed by atoms with van der Waals surface area (Å²) in [6.45, 7) is 0. The van der Waals surface area contributed by atoms with E-state index in [4.69, 9.17) is 20.3 Å². The van der Waals surface area contributed by atoms with Crippen molar-refractivity contribution in [2.45, 2.75) is 0 Å². The van der Waals surface area contributed by atoms with Gasteiger partial charge in [0, 0.05) is 32.7 Å². The first-order valence-electron chi connectivity index (χ1n) is 8.32. The van der Waals surface area contributed by atoms with Crippen LogP contribution in [-0.2, 0) is 4.74 Å². The highest BCUT2D eigenvalue weighted by Crippen LogP contribution is 2.43. The fourth-order valence-electron chi connectivity index (χ4n) is 3.24. The predicted octanol–water partition coefficient (Wildman–Crippen LogP) is 3.76. The Balaban J connectivity index is 2.23. The fourth-order valence-corrected chi connectivity index (χ4v) is 3.93. The summed E-state index contributed by atoms with van der Waals surface area (Å²) >= 11 is 6.97. The number of methoxy groups -OCH3 is 1. The van der Waals surface area contributed by atoms with Crippen molar-refractivity contribution in [3.63, 3.8) is 0 Å². The number of rotatable bonds is 2. The molecule has 2 aromatic carbocycles. The van der Waals surface area contributed by atoms with Crippen molar-refractivity contribution in [3.8, 4) is 22.5 Å². The second-order valence-corrected chi connectivity index (χ2v) is 7.96. The summed E-state index contributed by atoms with van der Waals surface area (Å²) in [6.07, 6.45) is 0. The molecule has 1 aliphatic carbocycles. The van der Waals surface area contributed by atoms with Crippen LogP contribution >= 0.6 is 31.9 Å². The van der Waals surface area contributed by atoms with Crippen molar-refractivity contribution < 1.29 is 19.4 Å². The molecule has 7 heteroatoms. The number of hydrogen-bond acceptors (Lipinski definition) is 4. The summed E-state index contributed by atoms with van der Waals surface area (Å²) < 4.78 is 12.5. The van der Waals surface area contributed by atoms with Crippen molar-refractivity contribution in [1.82, 2.24) is 0 Å². The fraction of sp³-hybridized carbons (Fsp3) is 0.0476. The number of carbonyl (C=O) groups excluding carboxylic acids is 1. The molecule has 28 heavy (non-hydrogen) atoms. The second kappa shape index (κ2) is 7.07. The minimum absolute atomic E-state index is 0.415. The molecule has 1 heterocycles. The van der Waals surface area contributed by atoms with Crippen LogP contribution in [0.25, 0.3) is 33.4 Å². The maximum absolute atomic E-state index is 12.4. The molecule has 0 atom stereocenters. The summed E-state index contributed by atoms with van der Waals surface area (Å²) in [7, 11) is 1.37. The zero-order valence-corrected chi connectivity index (χ0v) is 17.9. The monoisotopic (exact) mass is 501 g/mol. The van der Waals surface area contributed by atoms with Gasteiger partial charge in [0.05, 0.1) is 23.2 Å². The topological polar surface area (TPSA) is 91.0 Å². The SMILES string of the molecule is COC(=O)c1ccccc1-c1c2cc(Br)c(=[NH2+])cc-2oc2cc(N)c(Br)cc12. The van der Waals surface area contributed by atoms with E-state index in [0.717, 1.165) is 31.0 Å². The molecule has 0 amide bonds. The number of esters is 1. The van der Waals surface area contributed by atoms with E-state index in [9.17, 15) is 4.79 Å². The van der Waals surface area contributed by atoms with E-state index in [-0.39, 0.29) is 0 Å². The van der Waals surface area contributed by atoms with Gasteiger partial charge in [0.2, 0.25) is 5.36 Å². The van der Waals surface area contributed by atoms with Gasteiger partial charge in [-0.1, -0.05) is 18.2 Å². The quantitative estimate of drug-likeness (QED) is 0.248. The Kier molecular flexibility index (Phi) is 4.72. The molecule has 0 fully saturated rings. The number of carbonyl (C=O) groups is 1. The van der Waals surface area contributed by atoms with Gasteiger partial charge in [0.25, 0.3) is 0 Å². The highest BCUT2D eigenvalue weighted by atomic mass is 79.9. The molecule has 0 aromatic heterocycles. The standard InChI is InChI=1S/C21H14Br2N2O3/c1-27-21(26)11-5-3-2-4-10(11)20-12-6-14(22)16(24)8-18(12)28-19-9-17(25)15(23)7-13(19)20/h2-9,24H,25H2,1H3/p+1. The van der Waals surface area contributed by atoms with Crippen molar-refractivity contribution in [2.75, 3.05) is 12.8 Å². The first-order valence-corrected chi connectivity index (χ1v) is 9.90. The molecule has 0 saturated carbocycles. The molecule has 0 unspecified atom stereocenters. The van der Waals surface area contributed by atoms with E-state index in [1.165, 1.54) is 7.11 Å². The molecular weight excluding hydrogens is 488 g/mol. The van der Waals surface area contributed by atoms with Gasteiger partial charge in [-0.15, -0.1) is 0 Å². The van der Waals surface area contributed by atoms with E-state index in [1.807, 2.05) is 24.3 Å². The molecule has 0 radical (unpaired) electrons. The van der Waals surface area contributed by atoms with Crippen molar-refractivity contribution >= 4 is 54.5 Å². The summed E-state index contributed by atoms with van der Waals surface area (Å²) in [6, 6.07) is 14.6. The van der Waals surface area contributed by atoms with Gasteiger partial charge in [-0.2, -0.15) is 0 Å². The third-order valence-electron chi connectivity index (χ3n) is 4.56. The Hall–Kier alpha value is -2.64. The van der Waals surface area contributed by atoms with Gasteiger partial charge < -0.3 is 14.9 Å². The number of ether oxygens (including phenoxy) is 1. The largest absolute Gasteiger partial charge is 0.465 e. The van der Waals surface area contributed by atoms with Crippen LogP contribution in [0, 0.1) is 0 Å². The summed E-state index contributed by atoms with van der Waals surface area (Å²) in [5.41, 5.74) is 10.0. The molecule has 4 rings (SSSR count). The minimum atomic E-state index is -0.415. The van der Waals surface area contributed by atoms with E-state index in [2.05, 4.69) is 31.9 Å². The number of benzene rings is 3. The first-order chi connectivity index (χ1) is 13.4. The van der Waals surface area contributed by atoms with E-state index < -0.39 is 5.97 Å². The van der Waals surface area contributed by atoms with Crippen LogP contribution in [0.1, 0.15) is 10.4 Å².